The molecule has 1 aromatic heterocycles. The van der Waals surface area contributed by atoms with E-state index in [-0.39, 0.29) is 5.69 Å². The third-order valence-corrected chi connectivity index (χ3v) is 2.85. The Morgan fingerprint density at radius 2 is 2.18 bits per heavy atom. The molecule has 0 atom stereocenters. The van der Waals surface area contributed by atoms with Gasteiger partial charge in [-0.15, -0.1) is 0 Å². The Labute approximate surface area is 104 Å². The fraction of sp³-hybridized carbons (Fsp3) is 0.455. The molecule has 6 heteroatoms. The summed E-state index contributed by atoms with van der Waals surface area (Å²) in [6.07, 6.45) is 0. The first-order valence-electron chi connectivity index (χ1n) is 5.30. The van der Waals surface area contributed by atoms with Crippen molar-refractivity contribution < 1.29 is 14.3 Å². The monoisotopic (exact) mass is 256 g/mol. The summed E-state index contributed by atoms with van der Waals surface area (Å²) < 4.78 is 9.89. The van der Waals surface area contributed by atoms with Crippen LogP contribution in [0.1, 0.15) is 10.5 Å². The molecule has 1 aliphatic rings. The highest BCUT2D eigenvalue weighted by Gasteiger charge is 2.17. The average Bonchev–Trinajstić information content (AvgIpc) is 2.39. The summed E-state index contributed by atoms with van der Waals surface area (Å²) in [4.78, 5) is 17.7. The van der Waals surface area contributed by atoms with Crippen LogP contribution in [-0.4, -0.2) is 44.4 Å². The van der Waals surface area contributed by atoms with Gasteiger partial charge < -0.3 is 14.4 Å². The lowest BCUT2D eigenvalue weighted by molar-refractivity contribution is 0.0594. The molecule has 0 spiro atoms. The minimum absolute atomic E-state index is 0.151. The maximum Gasteiger partial charge on any atom is 0.358 e. The van der Waals surface area contributed by atoms with Gasteiger partial charge in [0.15, 0.2) is 5.69 Å². The van der Waals surface area contributed by atoms with Crippen LogP contribution in [-0.2, 0) is 9.47 Å². The zero-order chi connectivity index (χ0) is 12.3. The number of anilines is 1. The smallest absolute Gasteiger partial charge is 0.358 e. The number of aromatic nitrogens is 1. The topological polar surface area (TPSA) is 51.7 Å². The van der Waals surface area contributed by atoms with E-state index in [1.165, 1.54) is 7.11 Å². The van der Waals surface area contributed by atoms with E-state index in [0.717, 1.165) is 18.9 Å². The van der Waals surface area contributed by atoms with E-state index >= 15 is 0 Å². The van der Waals surface area contributed by atoms with Crippen LogP contribution in [0.5, 0.6) is 0 Å². The fourth-order valence-electron chi connectivity index (χ4n) is 1.64. The van der Waals surface area contributed by atoms with Crippen molar-refractivity contribution in [2.24, 2.45) is 0 Å². The highest BCUT2D eigenvalue weighted by Crippen LogP contribution is 2.20. The summed E-state index contributed by atoms with van der Waals surface area (Å²) in [5.74, 6) is 0.197. The lowest BCUT2D eigenvalue weighted by Crippen LogP contribution is -2.37. The largest absolute Gasteiger partial charge is 0.464 e. The van der Waals surface area contributed by atoms with Crippen molar-refractivity contribution in [1.82, 2.24) is 4.98 Å². The molecule has 1 aromatic rings. The first kappa shape index (κ1) is 12.1. The van der Waals surface area contributed by atoms with Gasteiger partial charge in [-0.25, -0.2) is 9.78 Å². The molecular formula is C11H13ClN2O3. The van der Waals surface area contributed by atoms with Gasteiger partial charge in [0.2, 0.25) is 0 Å². The van der Waals surface area contributed by atoms with Gasteiger partial charge in [0.1, 0.15) is 5.82 Å². The maximum absolute atomic E-state index is 11.5. The predicted molar refractivity (Wildman–Crippen MR) is 63.6 cm³/mol. The summed E-state index contributed by atoms with van der Waals surface area (Å²) in [6.45, 7) is 2.85. The molecular weight excluding hydrogens is 244 g/mol. The number of halogens is 1. The second kappa shape index (κ2) is 5.33. The molecule has 0 amide bonds. The predicted octanol–water partition coefficient (Wildman–Crippen LogP) is 1.36. The number of carbonyl (C=O) groups is 1. The van der Waals surface area contributed by atoms with Crippen LogP contribution in [0, 0.1) is 0 Å². The van der Waals surface area contributed by atoms with Crippen LogP contribution >= 0.6 is 11.6 Å². The van der Waals surface area contributed by atoms with Gasteiger partial charge in [-0.2, -0.15) is 0 Å². The van der Waals surface area contributed by atoms with Crippen LogP contribution in [0.2, 0.25) is 5.02 Å². The van der Waals surface area contributed by atoms with Crippen molar-refractivity contribution >= 4 is 23.4 Å². The van der Waals surface area contributed by atoms with Crippen LogP contribution in [0.4, 0.5) is 5.82 Å². The van der Waals surface area contributed by atoms with E-state index in [2.05, 4.69) is 9.72 Å². The van der Waals surface area contributed by atoms with Crippen LogP contribution < -0.4 is 4.90 Å². The van der Waals surface area contributed by atoms with E-state index in [4.69, 9.17) is 16.3 Å². The Hall–Kier alpha value is -1.33. The molecule has 0 N–H and O–H groups in total. The number of esters is 1. The Morgan fingerprint density at radius 3 is 2.82 bits per heavy atom. The third-order valence-electron chi connectivity index (χ3n) is 2.55. The zero-order valence-corrected chi connectivity index (χ0v) is 10.2. The SMILES string of the molecule is COC(=O)c1nc(N2CCOCC2)ccc1Cl. The summed E-state index contributed by atoms with van der Waals surface area (Å²) >= 11 is 5.90. The first-order valence-corrected chi connectivity index (χ1v) is 5.67. The number of carbonyl (C=O) groups excluding carboxylic acids is 1. The van der Waals surface area contributed by atoms with Gasteiger partial charge in [-0.3, -0.25) is 0 Å². The minimum atomic E-state index is -0.523. The lowest BCUT2D eigenvalue weighted by atomic mass is 10.3. The minimum Gasteiger partial charge on any atom is -0.464 e. The van der Waals surface area contributed by atoms with E-state index < -0.39 is 5.97 Å². The molecule has 17 heavy (non-hydrogen) atoms. The number of morpholine rings is 1. The number of rotatable bonds is 2. The molecule has 1 saturated heterocycles. The number of ether oxygens (including phenoxy) is 2. The van der Waals surface area contributed by atoms with Crippen LogP contribution in [0.15, 0.2) is 12.1 Å². The molecule has 0 bridgehead atoms. The van der Waals surface area contributed by atoms with E-state index in [9.17, 15) is 4.79 Å². The van der Waals surface area contributed by atoms with E-state index in [1.807, 2.05) is 4.90 Å². The Bertz CT molecular complexity index is 419. The quantitative estimate of drug-likeness (QED) is 0.748. The van der Waals surface area contributed by atoms with Crippen LogP contribution in [0.25, 0.3) is 0 Å². The molecule has 0 aromatic carbocycles. The van der Waals surface area contributed by atoms with Gasteiger partial charge in [-0.1, -0.05) is 11.6 Å². The average molecular weight is 257 g/mol. The van der Waals surface area contributed by atoms with Crippen molar-refractivity contribution in [3.63, 3.8) is 0 Å². The van der Waals surface area contributed by atoms with Gasteiger partial charge in [0.25, 0.3) is 0 Å². The molecule has 2 rings (SSSR count). The van der Waals surface area contributed by atoms with Crippen molar-refractivity contribution in [2.75, 3.05) is 38.3 Å². The second-order valence-corrected chi connectivity index (χ2v) is 4.00. The first-order chi connectivity index (χ1) is 8.22. The maximum atomic E-state index is 11.5. The molecule has 5 nitrogen and oxygen atoms in total. The van der Waals surface area contributed by atoms with E-state index in [0.29, 0.717) is 18.2 Å². The van der Waals surface area contributed by atoms with Gasteiger partial charge in [0.05, 0.1) is 25.3 Å². The molecule has 1 aliphatic heterocycles. The van der Waals surface area contributed by atoms with E-state index in [1.54, 1.807) is 12.1 Å². The molecule has 0 aliphatic carbocycles. The summed E-state index contributed by atoms with van der Waals surface area (Å²) in [7, 11) is 1.31. The van der Waals surface area contributed by atoms with Gasteiger partial charge >= 0.3 is 5.97 Å². The van der Waals surface area contributed by atoms with Crippen molar-refractivity contribution in [1.29, 1.82) is 0 Å². The Balaban J connectivity index is 2.26. The Kier molecular flexibility index (Phi) is 3.81. The number of pyridine rings is 1. The molecule has 92 valence electrons. The normalized spacial score (nSPS) is 15.8. The molecule has 1 fully saturated rings. The zero-order valence-electron chi connectivity index (χ0n) is 9.48. The lowest BCUT2D eigenvalue weighted by Gasteiger charge is -2.28. The molecule has 0 unspecified atom stereocenters. The molecule has 2 heterocycles. The van der Waals surface area contributed by atoms with Crippen molar-refractivity contribution in [3.05, 3.63) is 22.8 Å². The number of nitrogens with zero attached hydrogens (tertiary/aromatic N) is 2. The van der Waals surface area contributed by atoms with Crippen LogP contribution in [0.3, 0.4) is 0 Å². The summed E-state index contributed by atoms with van der Waals surface area (Å²) in [5, 5.41) is 0.300. The molecule has 0 radical (unpaired) electrons. The highest BCUT2D eigenvalue weighted by molar-refractivity contribution is 6.33. The standard InChI is InChI=1S/C11H13ClN2O3/c1-16-11(15)10-8(12)2-3-9(13-10)14-4-6-17-7-5-14/h2-3H,4-7H2,1H3. The van der Waals surface area contributed by atoms with Crippen molar-refractivity contribution in [3.8, 4) is 0 Å². The third kappa shape index (κ3) is 2.68. The fourth-order valence-corrected chi connectivity index (χ4v) is 1.82. The number of methoxy groups -OCH3 is 1. The number of hydrogen-bond donors (Lipinski definition) is 0. The molecule has 0 saturated carbocycles. The number of hydrogen-bond acceptors (Lipinski definition) is 5. The Morgan fingerprint density at radius 1 is 1.47 bits per heavy atom. The van der Waals surface area contributed by atoms with Gasteiger partial charge in [0, 0.05) is 13.1 Å². The summed E-state index contributed by atoms with van der Waals surface area (Å²) in [5.41, 5.74) is 0.151. The van der Waals surface area contributed by atoms with Crippen molar-refractivity contribution in [2.45, 2.75) is 0 Å². The second-order valence-electron chi connectivity index (χ2n) is 3.59. The van der Waals surface area contributed by atoms with Gasteiger partial charge in [-0.05, 0) is 12.1 Å². The summed E-state index contributed by atoms with van der Waals surface area (Å²) in [6, 6.07) is 3.45. The highest BCUT2D eigenvalue weighted by atomic mass is 35.5.